The molecule has 4 heteroatoms. The molecule has 0 spiro atoms. The molecule has 0 aliphatic carbocycles. The maximum atomic E-state index is 10.5. The Labute approximate surface area is 74.2 Å². The number of nitro benzene ring substituents is 1. The van der Waals surface area contributed by atoms with Gasteiger partial charge in [0.25, 0.3) is 5.69 Å². The van der Waals surface area contributed by atoms with Crippen molar-refractivity contribution in [3.63, 3.8) is 0 Å². The number of hydrogen-bond donors (Lipinski definition) is 0. The van der Waals surface area contributed by atoms with Crippen LogP contribution in [-0.4, -0.2) is 4.92 Å². The van der Waals surface area contributed by atoms with Gasteiger partial charge >= 0.3 is 0 Å². The standard InChI is InChI=1S/C8H7NO2S/c1-2-12-8-6-4-3-5-7(8)9(10)11/h2-6H,1H2. The van der Waals surface area contributed by atoms with Gasteiger partial charge in [-0.15, -0.1) is 0 Å². The molecule has 0 aromatic heterocycles. The largest absolute Gasteiger partial charge is 0.283 e. The third-order valence-corrected chi connectivity index (χ3v) is 2.04. The van der Waals surface area contributed by atoms with Crippen molar-refractivity contribution in [2.75, 3.05) is 0 Å². The minimum atomic E-state index is -0.397. The Morgan fingerprint density at radius 2 is 2.17 bits per heavy atom. The number of benzene rings is 1. The summed E-state index contributed by atoms with van der Waals surface area (Å²) in [6.45, 7) is 3.50. The lowest BCUT2D eigenvalue weighted by atomic mass is 10.3. The van der Waals surface area contributed by atoms with E-state index < -0.39 is 4.92 Å². The molecule has 0 amide bonds. The van der Waals surface area contributed by atoms with E-state index in [0.717, 1.165) is 0 Å². The van der Waals surface area contributed by atoms with Gasteiger partial charge in [-0.05, 0) is 11.5 Å². The number of para-hydroxylation sites is 1. The second-order valence-electron chi connectivity index (χ2n) is 2.01. The lowest BCUT2D eigenvalue weighted by Gasteiger charge is -1.96. The van der Waals surface area contributed by atoms with Crippen LogP contribution in [0.1, 0.15) is 0 Å². The summed E-state index contributed by atoms with van der Waals surface area (Å²) in [7, 11) is 0. The summed E-state index contributed by atoms with van der Waals surface area (Å²) < 4.78 is 0. The Morgan fingerprint density at radius 1 is 1.50 bits per heavy atom. The normalized spacial score (nSPS) is 9.33. The highest BCUT2D eigenvalue weighted by molar-refractivity contribution is 8.02. The van der Waals surface area contributed by atoms with Gasteiger partial charge in [0.15, 0.2) is 0 Å². The van der Waals surface area contributed by atoms with E-state index in [-0.39, 0.29) is 5.69 Å². The maximum absolute atomic E-state index is 10.5. The zero-order chi connectivity index (χ0) is 8.97. The first-order chi connectivity index (χ1) is 5.75. The van der Waals surface area contributed by atoms with E-state index in [4.69, 9.17) is 0 Å². The molecule has 1 aromatic rings. The van der Waals surface area contributed by atoms with Crippen LogP contribution in [0, 0.1) is 10.1 Å². The molecule has 62 valence electrons. The second-order valence-corrected chi connectivity index (χ2v) is 3.02. The monoisotopic (exact) mass is 181 g/mol. The summed E-state index contributed by atoms with van der Waals surface area (Å²) in [6, 6.07) is 6.58. The SMILES string of the molecule is C=CSc1ccccc1[N+](=O)[O-]. The van der Waals surface area contributed by atoms with Crippen molar-refractivity contribution in [2.45, 2.75) is 4.90 Å². The highest BCUT2D eigenvalue weighted by atomic mass is 32.2. The van der Waals surface area contributed by atoms with Crippen LogP contribution in [0.2, 0.25) is 0 Å². The first-order valence-electron chi connectivity index (χ1n) is 3.26. The van der Waals surface area contributed by atoms with Gasteiger partial charge in [-0.3, -0.25) is 10.1 Å². The van der Waals surface area contributed by atoms with E-state index in [0.29, 0.717) is 4.90 Å². The van der Waals surface area contributed by atoms with Crippen LogP contribution in [0.3, 0.4) is 0 Å². The number of hydrogen-bond acceptors (Lipinski definition) is 3. The summed E-state index contributed by atoms with van der Waals surface area (Å²) in [5, 5.41) is 12.0. The molecule has 0 radical (unpaired) electrons. The van der Waals surface area contributed by atoms with E-state index in [9.17, 15) is 10.1 Å². The molecule has 12 heavy (non-hydrogen) atoms. The fraction of sp³-hybridized carbons (Fsp3) is 0. The van der Waals surface area contributed by atoms with Crippen LogP contribution < -0.4 is 0 Å². The van der Waals surface area contributed by atoms with Crippen molar-refractivity contribution in [2.24, 2.45) is 0 Å². The van der Waals surface area contributed by atoms with Gasteiger partial charge in [-0.1, -0.05) is 30.5 Å². The molecule has 0 atom stereocenters. The smallest absolute Gasteiger partial charge is 0.258 e. The van der Waals surface area contributed by atoms with Crippen molar-refractivity contribution < 1.29 is 4.92 Å². The van der Waals surface area contributed by atoms with Gasteiger partial charge in [0, 0.05) is 6.07 Å². The molecule has 1 aromatic carbocycles. The molecule has 0 N–H and O–H groups in total. The van der Waals surface area contributed by atoms with Crippen molar-refractivity contribution in [3.05, 3.63) is 46.4 Å². The van der Waals surface area contributed by atoms with E-state index in [1.807, 2.05) is 0 Å². The first kappa shape index (κ1) is 8.80. The van der Waals surface area contributed by atoms with E-state index in [1.165, 1.54) is 17.8 Å². The maximum Gasteiger partial charge on any atom is 0.283 e. The molecule has 0 unspecified atom stereocenters. The third-order valence-electron chi connectivity index (χ3n) is 1.27. The van der Waals surface area contributed by atoms with E-state index in [1.54, 1.807) is 23.6 Å². The molecule has 0 aliphatic rings. The Bertz CT molecular complexity index is 312. The zero-order valence-electron chi connectivity index (χ0n) is 6.27. The molecule has 0 aliphatic heterocycles. The molecule has 0 heterocycles. The van der Waals surface area contributed by atoms with Gasteiger partial charge in [0.05, 0.1) is 9.82 Å². The molecular weight excluding hydrogens is 174 g/mol. The molecule has 3 nitrogen and oxygen atoms in total. The van der Waals surface area contributed by atoms with Crippen molar-refractivity contribution >= 4 is 17.4 Å². The predicted molar refractivity (Wildman–Crippen MR) is 49.2 cm³/mol. The topological polar surface area (TPSA) is 43.1 Å². The number of thioether (sulfide) groups is 1. The van der Waals surface area contributed by atoms with E-state index >= 15 is 0 Å². The average Bonchev–Trinajstić information content (AvgIpc) is 2.05. The highest BCUT2D eigenvalue weighted by Crippen LogP contribution is 2.28. The molecular formula is C8H7NO2S. The lowest BCUT2D eigenvalue weighted by molar-refractivity contribution is -0.387. The lowest BCUT2D eigenvalue weighted by Crippen LogP contribution is -1.88. The Morgan fingerprint density at radius 3 is 2.75 bits per heavy atom. The Hall–Kier alpha value is -1.29. The van der Waals surface area contributed by atoms with E-state index in [2.05, 4.69) is 6.58 Å². The minimum Gasteiger partial charge on any atom is -0.258 e. The molecule has 0 bridgehead atoms. The fourth-order valence-corrected chi connectivity index (χ4v) is 1.40. The van der Waals surface area contributed by atoms with Crippen LogP contribution in [0.5, 0.6) is 0 Å². The van der Waals surface area contributed by atoms with Gasteiger partial charge < -0.3 is 0 Å². The number of rotatable bonds is 3. The van der Waals surface area contributed by atoms with Gasteiger partial charge in [-0.2, -0.15) is 0 Å². The van der Waals surface area contributed by atoms with Crippen LogP contribution in [-0.2, 0) is 0 Å². The van der Waals surface area contributed by atoms with Crippen molar-refractivity contribution in [3.8, 4) is 0 Å². The second kappa shape index (κ2) is 3.92. The summed E-state index contributed by atoms with van der Waals surface area (Å²) in [6.07, 6.45) is 0. The quantitative estimate of drug-likeness (QED) is 0.409. The van der Waals surface area contributed by atoms with Gasteiger partial charge in [0.2, 0.25) is 0 Å². The molecule has 0 fully saturated rings. The van der Waals surface area contributed by atoms with Crippen LogP contribution in [0.4, 0.5) is 5.69 Å². The van der Waals surface area contributed by atoms with Gasteiger partial charge in [-0.25, -0.2) is 0 Å². The van der Waals surface area contributed by atoms with Crippen LogP contribution in [0.25, 0.3) is 0 Å². The van der Waals surface area contributed by atoms with Crippen LogP contribution in [0.15, 0.2) is 41.1 Å². The van der Waals surface area contributed by atoms with Crippen molar-refractivity contribution in [1.29, 1.82) is 0 Å². The number of nitro groups is 1. The number of nitrogens with zero attached hydrogens (tertiary/aromatic N) is 1. The summed E-state index contributed by atoms with van der Waals surface area (Å²) in [4.78, 5) is 10.7. The minimum absolute atomic E-state index is 0.127. The molecule has 1 rings (SSSR count). The van der Waals surface area contributed by atoms with Crippen LogP contribution >= 0.6 is 11.8 Å². The summed E-state index contributed by atoms with van der Waals surface area (Å²) in [5.41, 5.74) is 0.127. The zero-order valence-corrected chi connectivity index (χ0v) is 7.08. The molecule has 0 saturated heterocycles. The molecule has 0 saturated carbocycles. The first-order valence-corrected chi connectivity index (χ1v) is 4.14. The Balaban J connectivity index is 3.07. The summed E-state index contributed by atoms with van der Waals surface area (Å²) in [5.74, 6) is 0. The predicted octanol–water partition coefficient (Wildman–Crippen LogP) is 2.83. The summed E-state index contributed by atoms with van der Waals surface area (Å²) >= 11 is 1.25. The fourth-order valence-electron chi connectivity index (χ4n) is 0.797. The third kappa shape index (κ3) is 1.85. The van der Waals surface area contributed by atoms with Gasteiger partial charge in [0.1, 0.15) is 0 Å². The average molecular weight is 181 g/mol. The Kier molecular flexibility index (Phi) is 2.88. The highest BCUT2D eigenvalue weighted by Gasteiger charge is 2.10. The van der Waals surface area contributed by atoms with Crippen molar-refractivity contribution in [1.82, 2.24) is 0 Å².